The number of rotatable bonds is 3. The highest BCUT2D eigenvalue weighted by molar-refractivity contribution is 7.99. The quantitative estimate of drug-likeness (QED) is 0.660. The second-order valence-electron chi connectivity index (χ2n) is 3.19. The maximum absolute atomic E-state index is 7.24. The molecular weight excluding hydrogens is 256 g/mol. The minimum Gasteiger partial charge on any atom is -0.382 e. The second kappa shape index (κ2) is 5.16. The van der Waals surface area contributed by atoms with Gasteiger partial charge in [-0.1, -0.05) is 23.4 Å². The first-order valence-corrected chi connectivity index (χ1v) is 5.95. The van der Waals surface area contributed by atoms with Crippen LogP contribution in [0.15, 0.2) is 46.6 Å². The molecule has 0 fully saturated rings. The van der Waals surface area contributed by atoms with Gasteiger partial charge in [0.2, 0.25) is 0 Å². The van der Waals surface area contributed by atoms with E-state index in [1.165, 1.54) is 11.8 Å². The van der Waals surface area contributed by atoms with Crippen molar-refractivity contribution < 1.29 is 0 Å². The van der Waals surface area contributed by atoms with Crippen molar-refractivity contribution in [3.63, 3.8) is 0 Å². The standard InChI is InChI=1S/C11H9ClN4S/c12-8-2-1-5-15-11(8)17-7-3-4-9(10(13)14)16-6-7/h1-6H,(H3,13,14). The molecule has 0 aliphatic heterocycles. The summed E-state index contributed by atoms with van der Waals surface area (Å²) in [4.78, 5) is 9.13. The second-order valence-corrected chi connectivity index (χ2v) is 4.65. The highest BCUT2D eigenvalue weighted by atomic mass is 35.5. The van der Waals surface area contributed by atoms with Crippen LogP contribution in [0.1, 0.15) is 5.69 Å². The summed E-state index contributed by atoms with van der Waals surface area (Å²) in [7, 11) is 0. The molecule has 86 valence electrons. The Labute approximate surface area is 108 Å². The Morgan fingerprint density at radius 2 is 2.12 bits per heavy atom. The van der Waals surface area contributed by atoms with Crippen LogP contribution in [0.3, 0.4) is 0 Å². The van der Waals surface area contributed by atoms with Gasteiger partial charge >= 0.3 is 0 Å². The number of nitrogens with two attached hydrogens (primary N) is 1. The third-order valence-corrected chi connectivity index (χ3v) is 3.36. The number of amidine groups is 1. The van der Waals surface area contributed by atoms with Crippen LogP contribution in [-0.2, 0) is 0 Å². The van der Waals surface area contributed by atoms with Gasteiger partial charge in [0.15, 0.2) is 0 Å². The third-order valence-electron chi connectivity index (χ3n) is 1.95. The molecule has 0 spiro atoms. The number of nitrogens with one attached hydrogen (secondary N) is 1. The smallest absolute Gasteiger partial charge is 0.141 e. The maximum atomic E-state index is 7.24. The Bertz CT molecular complexity index is 541. The van der Waals surface area contributed by atoms with E-state index in [0.717, 1.165) is 9.92 Å². The topological polar surface area (TPSA) is 75.7 Å². The third kappa shape index (κ3) is 2.95. The van der Waals surface area contributed by atoms with E-state index in [2.05, 4.69) is 9.97 Å². The monoisotopic (exact) mass is 264 g/mol. The summed E-state index contributed by atoms with van der Waals surface area (Å²) >= 11 is 7.42. The number of hydrogen-bond acceptors (Lipinski definition) is 4. The van der Waals surface area contributed by atoms with Crippen LogP contribution >= 0.6 is 23.4 Å². The molecule has 0 aromatic carbocycles. The molecule has 2 aromatic heterocycles. The van der Waals surface area contributed by atoms with E-state index >= 15 is 0 Å². The number of halogens is 1. The van der Waals surface area contributed by atoms with Crippen molar-refractivity contribution in [1.29, 1.82) is 5.41 Å². The summed E-state index contributed by atoms with van der Waals surface area (Å²) in [6.07, 6.45) is 3.33. The average molecular weight is 265 g/mol. The molecule has 0 aliphatic rings. The van der Waals surface area contributed by atoms with Gasteiger partial charge in [-0.05, 0) is 24.3 Å². The van der Waals surface area contributed by atoms with E-state index in [-0.39, 0.29) is 5.84 Å². The zero-order chi connectivity index (χ0) is 12.3. The Kier molecular flexibility index (Phi) is 3.61. The van der Waals surface area contributed by atoms with Crippen molar-refractivity contribution in [1.82, 2.24) is 9.97 Å². The minimum absolute atomic E-state index is 0.0441. The lowest BCUT2D eigenvalue weighted by Gasteiger charge is -2.03. The van der Waals surface area contributed by atoms with Crippen LogP contribution in [0.4, 0.5) is 0 Å². The molecule has 2 rings (SSSR count). The molecule has 4 nitrogen and oxygen atoms in total. The lowest BCUT2D eigenvalue weighted by molar-refractivity contribution is 1.12. The van der Waals surface area contributed by atoms with Crippen molar-refractivity contribution in [2.45, 2.75) is 9.92 Å². The molecule has 0 unspecified atom stereocenters. The molecule has 3 N–H and O–H groups in total. The van der Waals surface area contributed by atoms with Gasteiger partial charge in [0.05, 0.1) is 5.02 Å². The Balaban J connectivity index is 2.20. The van der Waals surface area contributed by atoms with Gasteiger partial charge in [0, 0.05) is 17.3 Å². The first-order chi connectivity index (χ1) is 8.16. The summed E-state index contributed by atoms with van der Waals surface area (Å²) in [5.41, 5.74) is 5.78. The number of aromatic nitrogens is 2. The molecule has 0 saturated carbocycles. The van der Waals surface area contributed by atoms with Crippen LogP contribution in [-0.4, -0.2) is 15.8 Å². The number of hydrogen-bond donors (Lipinski definition) is 2. The summed E-state index contributed by atoms with van der Waals surface area (Å²) in [6.45, 7) is 0. The highest BCUT2D eigenvalue weighted by Crippen LogP contribution is 2.30. The summed E-state index contributed by atoms with van der Waals surface area (Å²) in [6, 6.07) is 7.10. The molecule has 2 aromatic rings. The molecule has 0 saturated heterocycles. The predicted octanol–water partition coefficient (Wildman–Crippen LogP) is 2.57. The molecule has 0 atom stereocenters. The summed E-state index contributed by atoms with van der Waals surface area (Å²) in [5, 5.41) is 8.57. The predicted molar refractivity (Wildman–Crippen MR) is 68.6 cm³/mol. The molecule has 0 radical (unpaired) electrons. The van der Waals surface area contributed by atoms with Crippen LogP contribution < -0.4 is 5.73 Å². The van der Waals surface area contributed by atoms with E-state index in [0.29, 0.717) is 10.7 Å². The lowest BCUT2D eigenvalue weighted by atomic mass is 10.3. The van der Waals surface area contributed by atoms with E-state index < -0.39 is 0 Å². The van der Waals surface area contributed by atoms with Gasteiger partial charge in [-0.3, -0.25) is 10.4 Å². The lowest BCUT2D eigenvalue weighted by Crippen LogP contribution is -2.12. The van der Waals surface area contributed by atoms with E-state index in [1.54, 1.807) is 30.6 Å². The number of pyridine rings is 2. The van der Waals surface area contributed by atoms with E-state index in [4.69, 9.17) is 22.7 Å². The van der Waals surface area contributed by atoms with Crippen molar-refractivity contribution >= 4 is 29.2 Å². The van der Waals surface area contributed by atoms with Gasteiger partial charge in [-0.15, -0.1) is 0 Å². The molecule has 17 heavy (non-hydrogen) atoms. The van der Waals surface area contributed by atoms with Crippen molar-refractivity contribution in [2.24, 2.45) is 5.73 Å². The summed E-state index contributed by atoms with van der Waals surface area (Å²) in [5.74, 6) is -0.0441. The van der Waals surface area contributed by atoms with Gasteiger partial charge < -0.3 is 5.73 Å². The Morgan fingerprint density at radius 1 is 1.29 bits per heavy atom. The van der Waals surface area contributed by atoms with E-state index in [1.807, 2.05) is 6.07 Å². The molecule has 2 heterocycles. The van der Waals surface area contributed by atoms with Crippen LogP contribution in [0.2, 0.25) is 5.02 Å². The Hall–Kier alpha value is -1.59. The minimum atomic E-state index is -0.0441. The first kappa shape index (κ1) is 11.9. The fraction of sp³-hybridized carbons (Fsp3) is 0. The Morgan fingerprint density at radius 3 is 2.71 bits per heavy atom. The zero-order valence-electron chi connectivity index (χ0n) is 8.72. The molecule has 0 bridgehead atoms. The van der Waals surface area contributed by atoms with Crippen molar-refractivity contribution in [3.05, 3.63) is 47.4 Å². The largest absolute Gasteiger partial charge is 0.382 e. The average Bonchev–Trinajstić information content (AvgIpc) is 2.33. The molecular formula is C11H9ClN4S. The normalized spacial score (nSPS) is 10.2. The number of nitrogens with zero attached hydrogens (tertiary/aromatic N) is 2. The maximum Gasteiger partial charge on any atom is 0.141 e. The number of nitrogen functional groups attached to an aromatic ring is 1. The van der Waals surface area contributed by atoms with Crippen molar-refractivity contribution in [2.75, 3.05) is 0 Å². The fourth-order valence-corrected chi connectivity index (χ4v) is 2.14. The molecule has 0 amide bonds. The van der Waals surface area contributed by atoms with Gasteiger partial charge in [0.1, 0.15) is 16.6 Å². The van der Waals surface area contributed by atoms with Gasteiger partial charge in [-0.25, -0.2) is 4.98 Å². The van der Waals surface area contributed by atoms with Crippen molar-refractivity contribution in [3.8, 4) is 0 Å². The van der Waals surface area contributed by atoms with Crippen LogP contribution in [0.5, 0.6) is 0 Å². The first-order valence-electron chi connectivity index (χ1n) is 4.75. The van der Waals surface area contributed by atoms with Gasteiger partial charge in [-0.2, -0.15) is 0 Å². The van der Waals surface area contributed by atoms with Crippen LogP contribution in [0.25, 0.3) is 0 Å². The molecule has 6 heteroatoms. The summed E-state index contributed by atoms with van der Waals surface area (Å²) < 4.78 is 0. The SMILES string of the molecule is N=C(N)c1ccc(Sc2ncccc2Cl)cn1. The highest BCUT2D eigenvalue weighted by Gasteiger charge is 2.04. The van der Waals surface area contributed by atoms with Gasteiger partial charge in [0.25, 0.3) is 0 Å². The zero-order valence-corrected chi connectivity index (χ0v) is 10.3. The molecule has 0 aliphatic carbocycles. The fourth-order valence-electron chi connectivity index (χ4n) is 1.16. The van der Waals surface area contributed by atoms with E-state index in [9.17, 15) is 0 Å². The van der Waals surface area contributed by atoms with Crippen LogP contribution in [0, 0.1) is 5.41 Å².